The van der Waals surface area contributed by atoms with Crippen molar-refractivity contribution in [3.63, 3.8) is 0 Å². The lowest BCUT2D eigenvalue weighted by Gasteiger charge is -2.15. The fourth-order valence-corrected chi connectivity index (χ4v) is 3.74. The minimum Gasteiger partial charge on any atom is -0.494 e. The van der Waals surface area contributed by atoms with Crippen molar-refractivity contribution in [3.8, 4) is 11.5 Å². The van der Waals surface area contributed by atoms with Crippen LogP contribution in [0.2, 0.25) is 0 Å². The zero-order chi connectivity index (χ0) is 27.8. The van der Waals surface area contributed by atoms with Gasteiger partial charge in [-0.05, 0) is 80.5 Å². The quantitative estimate of drug-likeness (QED) is 0.289. The molecule has 0 spiro atoms. The van der Waals surface area contributed by atoms with Gasteiger partial charge in [0.05, 0.1) is 24.3 Å². The van der Waals surface area contributed by atoms with Crippen molar-refractivity contribution in [1.82, 2.24) is 0 Å². The standard InChI is InChI=1S/C28H28F6O4/c1-19-8-4-2-3-6-13-37-25-11-10-23(36-12-7-5-9-19)17-24(25)26(35)38-18-20-14-21(27(29,30)31)16-22(15-20)28(32,33)34/h4,8,10-11,14-17H,1-3,5-7,9,12-13,18H2/b8-4+. The summed E-state index contributed by atoms with van der Waals surface area (Å²) >= 11 is 0. The maximum Gasteiger partial charge on any atom is 0.416 e. The molecule has 0 unspecified atom stereocenters. The predicted octanol–water partition coefficient (Wildman–Crippen LogP) is 8.31. The van der Waals surface area contributed by atoms with E-state index in [1.807, 2.05) is 12.2 Å². The van der Waals surface area contributed by atoms with Gasteiger partial charge in [-0.25, -0.2) is 4.79 Å². The second-order valence-electron chi connectivity index (χ2n) is 8.86. The minimum atomic E-state index is -5.00. The Labute approximate surface area is 216 Å². The van der Waals surface area contributed by atoms with Crippen molar-refractivity contribution in [3.05, 3.63) is 83.0 Å². The SMILES string of the molecule is C=C1/C=C/CCCCOc2ccc(cc2C(=O)OCc2cc(C(F)(F)F)cc(C(F)(F)F)c2)OCCCC1. The van der Waals surface area contributed by atoms with Crippen LogP contribution < -0.4 is 9.47 Å². The van der Waals surface area contributed by atoms with Crippen LogP contribution >= 0.6 is 0 Å². The van der Waals surface area contributed by atoms with E-state index in [2.05, 4.69) is 6.58 Å². The molecule has 0 aromatic heterocycles. The zero-order valence-corrected chi connectivity index (χ0v) is 20.6. The monoisotopic (exact) mass is 542 g/mol. The number of hydrogen-bond acceptors (Lipinski definition) is 4. The van der Waals surface area contributed by atoms with E-state index in [0.29, 0.717) is 30.9 Å². The van der Waals surface area contributed by atoms with Crippen LogP contribution in [-0.4, -0.2) is 19.2 Å². The Morgan fingerprint density at radius 1 is 0.868 bits per heavy atom. The zero-order valence-electron chi connectivity index (χ0n) is 20.6. The molecule has 2 aliphatic rings. The molecule has 0 aliphatic carbocycles. The Hall–Kier alpha value is -3.43. The highest BCUT2D eigenvalue weighted by atomic mass is 19.4. The van der Waals surface area contributed by atoms with Gasteiger partial charge in [0.1, 0.15) is 23.7 Å². The molecule has 2 heterocycles. The molecular formula is C28H28F6O4. The van der Waals surface area contributed by atoms with E-state index in [1.54, 1.807) is 6.07 Å². The number of carbonyl (C=O) groups excluding carboxylic acids is 1. The highest BCUT2D eigenvalue weighted by Gasteiger charge is 2.37. The molecule has 0 atom stereocenters. The van der Waals surface area contributed by atoms with Crippen molar-refractivity contribution >= 4 is 5.97 Å². The summed E-state index contributed by atoms with van der Waals surface area (Å²) in [4.78, 5) is 12.9. The van der Waals surface area contributed by atoms with Gasteiger partial charge in [-0.3, -0.25) is 0 Å². The lowest BCUT2D eigenvalue weighted by molar-refractivity contribution is -0.143. The first kappa shape index (κ1) is 29.1. The lowest BCUT2D eigenvalue weighted by Crippen LogP contribution is -2.13. The number of carbonyl (C=O) groups is 1. The van der Waals surface area contributed by atoms with E-state index in [-0.39, 0.29) is 24.0 Å². The van der Waals surface area contributed by atoms with Crippen LogP contribution in [-0.2, 0) is 23.7 Å². The number of ether oxygens (including phenoxy) is 3. The van der Waals surface area contributed by atoms with Crippen LogP contribution in [0.25, 0.3) is 0 Å². The molecule has 206 valence electrons. The second-order valence-corrected chi connectivity index (χ2v) is 8.86. The van der Waals surface area contributed by atoms with Crippen molar-refractivity contribution in [1.29, 1.82) is 0 Å². The highest BCUT2D eigenvalue weighted by molar-refractivity contribution is 5.93. The second kappa shape index (κ2) is 12.9. The Morgan fingerprint density at radius 3 is 2.21 bits per heavy atom. The Bertz CT molecular complexity index is 1120. The average Bonchev–Trinajstić information content (AvgIpc) is 2.85. The number of benzene rings is 2. The Kier molecular flexibility index (Phi) is 9.88. The van der Waals surface area contributed by atoms with Gasteiger partial charge in [-0.15, -0.1) is 0 Å². The van der Waals surface area contributed by atoms with Crippen molar-refractivity contribution in [2.24, 2.45) is 0 Å². The van der Waals surface area contributed by atoms with Crippen LogP contribution in [0.3, 0.4) is 0 Å². The molecule has 0 N–H and O–H groups in total. The number of allylic oxidation sites excluding steroid dienone is 3. The van der Waals surface area contributed by atoms with E-state index in [1.165, 1.54) is 12.1 Å². The normalized spacial score (nSPS) is 16.7. The third-order valence-corrected chi connectivity index (χ3v) is 5.73. The summed E-state index contributed by atoms with van der Waals surface area (Å²) in [7, 11) is 0. The fraction of sp³-hybridized carbons (Fsp3) is 0.393. The van der Waals surface area contributed by atoms with Crippen LogP contribution in [0.15, 0.2) is 60.7 Å². The molecular weight excluding hydrogens is 514 g/mol. The van der Waals surface area contributed by atoms with Crippen LogP contribution in [0.4, 0.5) is 26.3 Å². The molecule has 0 fully saturated rings. The van der Waals surface area contributed by atoms with Gasteiger partial charge in [0, 0.05) is 0 Å². The molecule has 0 saturated carbocycles. The maximum absolute atomic E-state index is 13.2. The molecule has 2 aliphatic heterocycles. The van der Waals surface area contributed by atoms with E-state index in [9.17, 15) is 31.1 Å². The minimum absolute atomic E-state index is 0.0186. The van der Waals surface area contributed by atoms with E-state index >= 15 is 0 Å². The number of hydrogen-bond donors (Lipinski definition) is 0. The summed E-state index contributed by atoms with van der Waals surface area (Å²) in [5.74, 6) is -0.435. The van der Waals surface area contributed by atoms with E-state index in [4.69, 9.17) is 14.2 Å². The molecule has 0 amide bonds. The van der Waals surface area contributed by atoms with Gasteiger partial charge in [-0.2, -0.15) is 26.3 Å². The van der Waals surface area contributed by atoms with Gasteiger partial charge in [0.15, 0.2) is 0 Å². The van der Waals surface area contributed by atoms with Crippen LogP contribution in [0, 0.1) is 0 Å². The van der Waals surface area contributed by atoms with Crippen LogP contribution in [0.1, 0.15) is 65.6 Å². The first-order chi connectivity index (χ1) is 17.9. The molecule has 4 nitrogen and oxygen atoms in total. The largest absolute Gasteiger partial charge is 0.494 e. The molecule has 2 aromatic rings. The number of alkyl halides is 6. The summed E-state index contributed by atoms with van der Waals surface area (Å²) in [5, 5.41) is 0. The predicted molar refractivity (Wildman–Crippen MR) is 129 cm³/mol. The van der Waals surface area contributed by atoms with Gasteiger partial charge in [0.2, 0.25) is 0 Å². The summed E-state index contributed by atoms with van der Waals surface area (Å²) < 4.78 is 95.5. The molecule has 38 heavy (non-hydrogen) atoms. The number of fused-ring (bicyclic) bond motifs is 13. The molecule has 4 rings (SSSR count). The summed E-state index contributed by atoms with van der Waals surface area (Å²) in [6.45, 7) is 3.89. The summed E-state index contributed by atoms with van der Waals surface area (Å²) in [6.07, 6.45) is -1.18. The third kappa shape index (κ3) is 8.85. The first-order valence-corrected chi connectivity index (χ1v) is 12.1. The lowest BCUT2D eigenvalue weighted by atomic mass is 10.1. The molecule has 0 saturated heterocycles. The van der Waals surface area contributed by atoms with E-state index in [0.717, 1.165) is 37.7 Å². The molecule has 2 bridgehead atoms. The molecule has 0 radical (unpaired) electrons. The molecule has 2 aromatic carbocycles. The molecule has 10 heteroatoms. The summed E-state index contributed by atoms with van der Waals surface area (Å²) in [6, 6.07) is 5.60. The van der Waals surface area contributed by atoms with Gasteiger partial charge in [0.25, 0.3) is 0 Å². The van der Waals surface area contributed by atoms with Gasteiger partial charge < -0.3 is 14.2 Å². The summed E-state index contributed by atoms with van der Waals surface area (Å²) in [5.41, 5.74) is -2.43. The van der Waals surface area contributed by atoms with E-state index < -0.39 is 41.6 Å². The van der Waals surface area contributed by atoms with Crippen molar-refractivity contribution < 1.29 is 45.3 Å². The van der Waals surface area contributed by atoms with Crippen molar-refractivity contribution in [2.45, 2.75) is 57.5 Å². The third-order valence-electron chi connectivity index (χ3n) is 5.73. The number of rotatable bonds is 3. The van der Waals surface area contributed by atoms with Crippen molar-refractivity contribution in [2.75, 3.05) is 13.2 Å². The van der Waals surface area contributed by atoms with Gasteiger partial charge >= 0.3 is 18.3 Å². The Morgan fingerprint density at radius 2 is 1.53 bits per heavy atom. The highest BCUT2D eigenvalue weighted by Crippen LogP contribution is 2.36. The smallest absolute Gasteiger partial charge is 0.416 e. The topological polar surface area (TPSA) is 44.8 Å². The average molecular weight is 543 g/mol. The fourth-order valence-electron chi connectivity index (χ4n) is 3.74. The maximum atomic E-state index is 13.2. The van der Waals surface area contributed by atoms with Gasteiger partial charge in [-0.1, -0.05) is 24.3 Å². The van der Waals surface area contributed by atoms with Crippen LogP contribution in [0.5, 0.6) is 11.5 Å². The first-order valence-electron chi connectivity index (χ1n) is 12.1. The number of esters is 1. The Balaban J connectivity index is 1.79. The number of halogens is 6.